The second-order valence-corrected chi connectivity index (χ2v) is 8.77. The van der Waals surface area contributed by atoms with Gasteiger partial charge in [-0.2, -0.15) is 0 Å². The summed E-state index contributed by atoms with van der Waals surface area (Å²) in [6.07, 6.45) is 3.06. The third-order valence-corrected chi connectivity index (χ3v) is 6.23. The van der Waals surface area contributed by atoms with Crippen LogP contribution in [0.4, 0.5) is 0 Å². The van der Waals surface area contributed by atoms with E-state index in [0.717, 1.165) is 40.9 Å². The molecule has 1 aromatic heterocycles. The van der Waals surface area contributed by atoms with Gasteiger partial charge in [0.1, 0.15) is 6.61 Å². The minimum Gasteiger partial charge on any atom is -0.490 e. The molecule has 0 unspecified atom stereocenters. The zero-order valence-corrected chi connectivity index (χ0v) is 21.5. The number of halogens is 3. The van der Waals surface area contributed by atoms with E-state index in [1.807, 2.05) is 37.3 Å². The third kappa shape index (κ3) is 6.45. The van der Waals surface area contributed by atoms with Gasteiger partial charge in [-0.25, -0.2) is 0 Å². The van der Waals surface area contributed by atoms with E-state index in [0.29, 0.717) is 24.0 Å². The second kappa shape index (κ2) is 12.3. The van der Waals surface area contributed by atoms with Crippen molar-refractivity contribution in [1.29, 1.82) is 0 Å². The van der Waals surface area contributed by atoms with Crippen molar-refractivity contribution in [2.75, 3.05) is 13.2 Å². The molecule has 2 N–H and O–H groups in total. The Kier molecular flexibility index (Phi) is 9.51. The lowest BCUT2D eigenvalue weighted by Crippen LogP contribution is -2.16. The number of H-pyrrole nitrogens is 1. The average molecular weight is 550 g/mol. The van der Waals surface area contributed by atoms with Crippen LogP contribution in [-0.2, 0) is 19.6 Å². The van der Waals surface area contributed by atoms with Gasteiger partial charge in [0, 0.05) is 34.2 Å². The monoisotopic (exact) mass is 548 g/mol. The summed E-state index contributed by atoms with van der Waals surface area (Å²) < 4.78 is 12.8. The van der Waals surface area contributed by atoms with Crippen molar-refractivity contribution in [1.82, 2.24) is 10.3 Å². The molecule has 0 aliphatic carbocycles. The Morgan fingerprint density at radius 3 is 2.61 bits per heavy atom. The van der Waals surface area contributed by atoms with Gasteiger partial charge in [0.05, 0.1) is 11.1 Å². The first-order chi connectivity index (χ1) is 15.7. The highest BCUT2D eigenvalue weighted by molar-refractivity contribution is 9.10. The van der Waals surface area contributed by atoms with Crippen LogP contribution in [0, 0.1) is 0 Å². The van der Waals surface area contributed by atoms with E-state index in [1.54, 1.807) is 0 Å². The topological polar surface area (TPSA) is 46.3 Å². The van der Waals surface area contributed by atoms with Crippen LogP contribution in [-0.4, -0.2) is 18.1 Å². The Morgan fingerprint density at radius 1 is 1.00 bits per heavy atom. The molecule has 33 heavy (non-hydrogen) atoms. The van der Waals surface area contributed by atoms with Gasteiger partial charge in [0.25, 0.3) is 0 Å². The summed E-state index contributed by atoms with van der Waals surface area (Å²) in [5.41, 5.74) is 4.57. The van der Waals surface area contributed by atoms with Crippen LogP contribution in [0.3, 0.4) is 0 Å². The van der Waals surface area contributed by atoms with Crippen molar-refractivity contribution in [3.8, 4) is 11.5 Å². The molecule has 0 saturated heterocycles. The molecule has 7 heteroatoms. The summed E-state index contributed by atoms with van der Waals surface area (Å²) in [7, 11) is 0. The molecule has 3 aromatic carbocycles. The summed E-state index contributed by atoms with van der Waals surface area (Å²) in [5, 5.41) is 5.52. The van der Waals surface area contributed by atoms with Crippen LogP contribution in [0.15, 0.2) is 71.3 Å². The van der Waals surface area contributed by atoms with Crippen LogP contribution in [0.2, 0.25) is 5.02 Å². The van der Waals surface area contributed by atoms with E-state index in [-0.39, 0.29) is 12.4 Å². The lowest BCUT2D eigenvalue weighted by molar-refractivity contribution is 0.267. The standard InChI is InChI=1S/C26H26BrClN2O2.ClH/c1-2-31-25-14-18(13-22(27)26(25)32-17-20-7-3-5-9-23(20)28)15-29-12-11-19-16-30-24-10-6-4-8-21(19)24;/h3-10,13-14,16,29-30H,2,11-12,15,17H2,1H3;1H. The first kappa shape index (κ1) is 25.4. The molecular weight excluding hydrogens is 523 g/mol. The van der Waals surface area contributed by atoms with Crippen LogP contribution in [0.25, 0.3) is 10.9 Å². The predicted molar refractivity (Wildman–Crippen MR) is 142 cm³/mol. The third-order valence-electron chi connectivity index (χ3n) is 5.27. The smallest absolute Gasteiger partial charge is 0.175 e. The Hall–Kier alpha value is -2.18. The molecule has 4 rings (SSSR count). The number of para-hydroxylation sites is 1. The first-order valence-corrected chi connectivity index (χ1v) is 11.9. The van der Waals surface area contributed by atoms with Gasteiger partial charge in [-0.3, -0.25) is 0 Å². The number of nitrogens with one attached hydrogen (secondary N) is 2. The summed E-state index contributed by atoms with van der Waals surface area (Å²) >= 11 is 9.92. The number of aromatic amines is 1. The van der Waals surface area contributed by atoms with E-state index in [2.05, 4.69) is 62.8 Å². The van der Waals surface area contributed by atoms with Gasteiger partial charge in [-0.15, -0.1) is 12.4 Å². The molecule has 0 fully saturated rings. The highest BCUT2D eigenvalue weighted by atomic mass is 79.9. The maximum atomic E-state index is 6.26. The van der Waals surface area contributed by atoms with Crippen LogP contribution in [0.5, 0.6) is 11.5 Å². The molecule has 0 amide bonds. The molecule has 4 aromatic rings. The number of ether oxygens (including phenoxy) is 2. The molecule has 4 nitrogen and oxygen atoms in total. The number of rotatable bonds is 10. The van der Waals surface area contributed by atoms with Gasteiger partial charge in [-0.05, 0) is 71.2 Å². The minimum atomic E-state index is 0. The van der Waals surface area contributed by atoms with Crippen molar-refractivity contribution >= 4 is 50.8 Å². The Balaban J connectivity index is 0.00000306. The number of benzene rings is 3. The number of fused-ring (bicyclic) bond motifs is 1. The van der Waals surface area contributed by atoms with Gasteiger partial charge in [0.2, 0.25) is 0 Å². The fourth-order valence-corrected chi connectivity index (χ4v) is 4.48. The first-order valence-electron chi connectivity index (χ1n) is 10.7. The zero-order chi connectivity index (χ0) is 22.3. The average Bonchev–Trinajstić information content (AvgIpc) is 3.21. The molecular formula is C26H27BrCl2N2O2. The number of aromatic nitrogens is 1. The molecule has 0 atom stereocenters. The molecule has 174 valence electrons. The van der Waals surface area contributed by atoms with Gasteiger partial charge < -0.3 is 19.8 Å². The molecule has 0 saturated carbocycles. The van der Waals surface area contributed by atoms with Crippen LogP contribution in [0.1, 0.15) is 23.6 Å². The number of hydrogen-bond acceptors (Lipinski definition) is 3. The minimum absolute atomic E-state index is 0. The fraction of sp³-hybridized carbons (Fsp3) is 0.231. The molecule has 0 aliphatic rings. The summed E-state index contributed by atoms with van der Waals surface area (Å²) in [6.45, 7) is 4.53. The van der Waals surface area contributed by atoms with Crippen molar-refractivity contribution in [3.63, 3.8) is 0 Å². The SMILES string of the molecule is CCOc1cc(CNCCc2c[nH]c3ccccc23)cc(Br)c1OCc1ccccc1Cl.Cl. The Morgan fingerprint density at radius 2 is 1.79 bits per heavy atom. The van der Waals surface area contributed by atoms with Crippen LogP contribution >= 0.6 is 39.9 Å². The van der Waals surface area contributed by atoms with E-state index in [1.165, 1.54) is 16.5 Å². The largest absolute Gasteiger partial charge is 0.490 e. The van der Waals surface area contributed by atoms with Crippen molar-refractivity contribution in [2.24, 2.45) is 0 Å². The summed E-state index contributed by atoms with van der Waals surface area (Å²) in [4.78, 5) is 3.34. The van der Waals surface area contributed by atoms with Crippen molar-refractivity contribution in [3.05, 3.63) is 93.0 Å². The highest BCUT2D eigenvalue weighted by Crippen LogP contribution is 2.38. The van der Waals surface area contributed by atoms with E-state index in [9.17, 15) is 0 Å². The maximum Gasteiger partial charge on any atom is 0.175 e. The molecule has 0 bridgehead atoms. The highest BCUT2D eigenvalue weighted by Gasteiger charge is 2.13. The van der Waals surface area contributed by atoms with Gasteiger partial charge in [0.15, 0.2) is 11.5 Å². The van der Waals surface area contributed by atoms with E-state index >= 15 is 0 Å². The zero-order valence-electron chi connectivity index (χ0n) is 18.4. The fourth-order valence-electron chi connectivity index (χ4n) is 3.69. The summed E-state index contributed by atoms with van der Waals surface area (Å²) in [6, 6.07) is 20.2. The number of hydrogen-bond donors (Lipinski definition) is 2. The summed E-state index contributed by atoms with van der Waals surface area (Å²) in [5.74, 6) is 1.41. The van der Waals surface area contributed by atoms with Crippen molar-refractivity contribution in [2.45, 2.75) is 26.5 Å². The predicted octanol–water partition coefficient (Wildman–Crippen LogP) is 7.32. The molecule has 0 radical (unpaired) electrons. The van der Waals surface area contributed by atoms with Gasteiger partial charge in [-0.1, -0.05) is 48.0 Å². The Labute approximate surface area is 214 Å². The van der Waals surface area contributed by atoms with Crippen LogP contribution < -0.4 is 14.8 Å². The normalized spacial score (nSPS) is 10.8. The molecule has 0 aliphatic heterocycles. The molecule has 1 heterocycles. The van der Waals surface area contributed by atoms with Crippen molar-refractivity contribution < 1.29 is 9.47 Å². The quantitative estimate of drug-likeness (QED) is 0.204. The van der Waals surface area contributed by atoms with E-state index in [4.69, 9.17) is 21.1 Å². The second-order valence-electron chi connectivity index (χ2n) is 7.50. The maximum absolute atomic E-state index is 6.26. The van der Waals surface area contributed by atoms with Gasteiger partial charge >= 0.3 is 0 Å². The lowest BCUT2D eigenvalue weighted by Gasteiger charge is -2.16. The molecule has 0 spiro atoms. The lowest BCUT2D eigenvalue weighted by atomic mass is 10.1. The van der Waals surface area contributed by atoms with E-state index < -0.39 is 0 Å². The Bertz CT molecular complexity index is 1200.